The Balaban J connectivity index is 3.56. The van der Waals surface area contributed by atoms with Crippen LogP contribution in [0.15, 0.2) is 15.8 Å². The van der Waals surface area contributed by atoms with Gasteiger partial charge in [0.1, 0.15) is 0 Å². The third-order valence-corrected chi connectivity index (χ3v) is 2.43. The minimum atomic E-state index is -4.57. The first-order valence-corrected chi connectivity index (χ1v) is 5.02. The van der Waals surface area contributed by atoms with E-state index >= 15 is 0 Å². The second kappa shape index (κ2) is 3.66. The van der Waals surface area contributed by atoms with Gasteiger partial charge in [-0.3, -0.25) is 4.79 Å². The normalized spacial score (nSPS) is 12.1. The van der Waals surface area contributed by atoms with Gasteiger partial charge in [-0.25, -0.2) is 26.7 Å². The zero-order valence-corrected chi connectivity index (χ0v) is 7.82. The Kier molecular flexibility index (Phi) is 2.86. The molecule has 0 saturated heterocycles. The van der Waals surface area contributed by atoms with Crippen LogP contribution in [0, 0.1) is 5.82 Å². The summed E-state index contributed by atoms with van der Waals surface area (Å²) < 4.78 is 58.4. The molecular formula is C6H5F3N2O3S. The molecule has 1 aromatic heterocycles. The van der Waals surface area contributed by atoms with E-state index in [1.165, 1.54) is 4.98 Å². The molecule has 0 aliphatic carbocycles. The molecule has 0 radical (unpaired) electrons. The van der Waals surface area contributed by atoms with Gasteiger partial charge in [0.15, 0.2) is 10.7 Å². The van der Waals surface area contributed by atoms with E-state index in [0.717, 1.165) is 0 Å². The molecule has 0 aliphatic rings. The fraction of sp³-hybridized carbons (Fsp3) is 0.167. The highest BCUT2D eigenvalue weighted by Crippen LogP contribution is 2.17. The molecule has 84 valence electrons. The van der Waals surface area contributed by atoms with Crippen molar-refractivity contribution in [2.24, 2.45) is 5.14 Å². The number of aromatic amines is 1. The van der Waals surface area contributed by atoms with Crippen LogP contribution in [0.3, 0.4) is 0 Å². The monoisotopic (exact) mass is 242 g/mol. The first kappa shape index (κ1) is 11.7. The maximum absolute atomic E-state index is 13.0. The number of primary sulfonamides is 1. The van der Waals surface area contributed by atoms with Crippen LogP contribution in [-0.4, -0.2) is 13.4 Å². The Labute approximate surface area is 81.8 Å². The lowest BCUT2D eigenvalue weighted by atomic mass is 10.3. The fourth-order valence-corrected chi connectivity index (χ4v) is 1.56. The molecule has 5 nitrogen and oxygen atoms in total. The zero-order chi connectivity index (χ0) is 11.8. The molecule has 0 bridgehead atoms. The second-order valence-electron chi connectivity index (χ2n) is 2.58. The van der Waals surface area contributed by atoms with Gasteiger partial charge in [-0.15, -0.1) is 0 Å². The summed E-state index contributed by atoms with van der Waals surface area (Å²) in [5.74, 6) is -1.60. The van der Waals surface area contributed by atoms with E-state index in [0.29, 0.717) is 0 Å². The Bertz CT molecular complexity index is 537. The molecule has 0 amide bonds. The van der Waals surface area contributed by atoms with Crippen LogP contribution < -0.4 is 10.7 Å². The number of halogens is 3. The predicted octanol–water partition coefficient (Wildman–Crippen LogP) is 0.0990. The summed E-state index contributed by atoms with van der Waals surface area (Å²) in [6.45, 7) is 0. The van der Waals surface area contributed by atoms with Crippen molar-refractivity contribution in [2.75, 3.05) is 0 Å². The molecule has 15 heavy (non-hydrogen) atoms. The van der Waals surface area contributed by atoms with Crippen molar-refractivity contribution in [2.45, 2.75) is 11.3 Å². The summed E-state index contributed by atoms with van der Waals surface area (Å²) >= 11 is 0. The number of H-pyrrole nitrogens is 1. The average Bonchev–Trinajstić information content (AvgIpc) is 1.99. The quantitative estimate of drug-likeness (QED) is 0.770. The van der Waals surface area contributed by atoms with Crippen molar-refractivity contribution in [3.63, 3.8) is 0 Å². The van der Waals surface area contributed by atoms with Crippen LogP contribution in [0.5, 0.6) is 0 Å². The van der Waals surface area contributed by atoms with Gasteiger partial charge in [0.2, 0.25) is 10.0 Å². The minimum Gasteiger partial charge on any atom is -0.320 e. The van der Waals surface area contributed by atoms with Gasteiger partial charge in [-0.2, -0.15) is 0 Å². The first-order valence-electron chi connectivity index (χ1n) is 3.47. The van der Waals surface area contributed by atoms with Gasteiger partial charge in [0, 0.05) is 6.07 Å². The minimum absolute atomic E-state index is 0.214. The van der Waals surface area contributed by atoms with E-state index in [1.807, 2.05) is 0 Å². The number of alkyl halides is 2. The van der Waals surface area contributed by atoms with E-state index in [2.05, 4.69) is 5.14 Å². The highest BCUT2D eigenvalue weighted by Gasteiger charge is 2.22. The average molecular weight is 242 g/mol. The van der Waals surface area contributed by atoms with Gasteiger partial charge in [-0.1, -0.05) is 0 Å². The smallest absolute Gasteiger partial charge is 0.278 e. The highest BCUT2D eigenvalue weighted by molar-refractivity contribution is 7.89. The second-order valence-corrected chi connectivity index (χ2v) is 4.07. The number of hydrogen-bond acceptors (Lipinski definition) is 3. The molecule has 0 saturated carbocycles. The van der Waals surface area contributed by atoms with E-state index in [9.17, 15) is 26.4 Å². The Morgan fingerprint density at radius 3 is 2.27 bits per heavy atom. The van der Waals surface area contributed by atoms with Crippen LogP contribution in [0.25, 0.3) is 0 Å². The van der Waals surface area contributed by atoms with Crippen LogP contribution in [0.4, 0.5) is 13.2 Å². The highest BCUT2D eigenvalue weighted by atomic mass is 32.2. The van der Waals surface area contributed by atoms with Crippen molar-refractivity contribution in [1.82, 2.24) is 4.98 Å². The summed E-state index contributed by atoms with van der Waals surface area (Å²) in [5, 5.41) is 4.51. The lowest BCUT2D eigenvalue weighted by molar-refractivity contribution is 0.145. The number of aromatic nitrogens is 1. The first-order chi connectivity index (χ1) is 6.73. The molecule has 1 rings (SSSR count). The number of pyridine rings is 1. The molecule has 1 heterocycles. The SMILES string of the molecule is NS(=O)(=O)c1c(F)cc(C(F)F)[nH]c1=O. The molecular weight excluding hydrogens is 237 g/mol. The van der Waals surface area contributed by atoms with Crippen LogP contribution in [-0.2, 0) is 10.0 Å². The Hall–Kier alpha value is -1.35. The molecule has 0 fully saturated rings. The lowest BCUT2D eigenvalue weighted by Gasteiger charge is -2.02. The van der Waals surface area contributed by atoms with Crippen molar-refractivity contribution >= 4 is 10.0 Å². The molecule has 0 aromatic carbocycles. The van der Waals surface area contributed by atoms with Gasteiger partial charge in [-0.05, 0) is 0 Å². The van der Waals surface area contributed by atoms with E-state index in [1.54, 1.807) is 0 Å². The van der Waals surface area contributed by atoms with Gasteiger partial charge in [0.05, 0.1) is 5.69 Å². The standard InChI is InChI=1S/C6H5F3N2O3S/c7-2-1-3(5(8)9)11-6(12)4(2)15(10,13)14/h1,5H,(H,11,12)(H2,10,13,14). The summed E-state index contributed by atoms with van der Waals surface area (Å²) in [6.07, 6.45) is -3.11. The summed E-state index contributed by atoms with van der Waals surface area (Å²) in [5.41, 5.74) is -2.52. The molecule has 0 spiro atoms. The largest absolute Gasteiger partial charge is 0.320 e. The Morgan fingerprint density at radius 1 is 1.40 bits per heavy atom. The fourth-order valence-electron chi connectivity index (χ4n) is 0.917. The summed E-state index contributed by atoms with van der Waals surface area (Å²) in [4.78, 5) is 11.1. The number of rotatable bonds is 2. The lowest BCUT2D eigenvalue weighted by Crippen LogP contribution is -2.26. The maximum atomic E-state index is 13.0. The molecule has 9 heteroatoms. The Morgan fingerprint density at radius 2 is 1.93 bits per heavy atom. The van der Waals surface area contributed by atoms with E-state index < -0.39 is 38.4 Å². The van der Waals surface area contributed by atoms with Crippen molar-refractivity contribution in [3.8, 4) is 0 Å². The van der Waals surface area contributed by atoms with Crippen LogP contribution >= 0.6 is 0 Å². The number of nitrogens with one attached hydrogen (secondary N) is 1. The van der Waals surface area contributed by atoms with Crippen LogP contribution in [0.2, 0.25) is 0 Å². The van der Waals surface area contributed by atoms with Crippen molar-refractivity contribution in [3.05, 3.63) is 27.9 Å². The number of sulfonamides is 1. The molecule has 0 aliphatic heterocycles. The third kappa shape index (κ3) is 2.36. The van der Waals surface area contributed by atoms with E-state index in [4.69, 9.17) is 0 Å². The van der Waals surface area contributed by atoms with Gasteiger partial charge >= 0.3 is 0 Å². The summed E-state index contributed by atoms with van der Waals surface area (Å²) in [7, 11) is -4.57. The zero-order valence-electron chi connectivity index (χ0n) is 7.00. The molecule has 0 unspecified atom stereocenters. The third-order valence-electron chi connectivity index (χ3n) is 1.48. The van der Waals surface area contributed by atoms with Gasteiger partial charge < -0.3 is 4.98 Å². The number of hydrogen-bond donors (Lipinski definition) is 2. The van der Waals surface area contributed by atoms with E-state index in [-0.39, 0.29) is 6.07 Å². The molecule has 3 N–H and O–H groups in total. The number of nitrogens with two attached hydrogens (primary N) is 1. The predicted molar refractivity (Wildman–Crippen MR) is 43.4 cm³/mol. The maximum Gasteiger partial charge on any atom is 0.278 e. The topological polar surface area (TPSA) is 93.0 Å². The van der Waals surface area contributed by atoms with Crippen molar-refractivity contribution < 1.29 is 21.6 Å². The van der Waals surface area contributed by atoms with Crippen molar-refractivity contribution in [1.29, 1.82) is 0 Å². The van der Waals surface area contributed by atoms with Crippen LogP contribution in [0.1, 0.15) is 12.1 Å². The molecule has 0 atom stereocenters. The molecule has 1 aromatic rings. The summed E-state index contributed by atoms with van der Waals surface area (Å²) in [6, 6.07) is 0.214. The van der Waals surface area contributed by atoms with Gasteiger partial charge in [0.25, 0.3) is 12.0 Å².